The molecule has 0 amide bonds. The van der Waals surface area contributed by atoms with Crippen molar-refractivity contribution in [2.75, 3.05) is 26.8 Å². The number of aliphatic imine (C=N–C) groups is 1. The molecule has 0 spiro atoms. The molecule has 0 bridgehead atoms. The van der Waals surface area contributed by atoms with Crippen LogP contribution < -0.4 is 5.32 Å². The molecule has 1 saturated carbocycles. The summed E-state index contributed by atoms with van der Waals surface area (Å²) in [4.78, 5) is 4.53. The van der Waals surface area contributed by atoms with Crippen LogP contribution in [0.5, 0.6) is 0 Å². The molecule has 15 heavy (non-hydrogen) atoms. The Kier molecular flexibility index (Phi) is 4.32. The van der Waals surface area contributed by atoms with Gasteiger partial charge in [-0.1, -0.05) is 11.8 Å². The lowest BCUT2D eigenvalue weighted by molar-refractivity contribution is 0.193. The lowest BCUT2D eigenvalue weighted by Crippen LogP contribution is -2.21. The summed E-state index contributed by atoms with van der Waals surface area (Å²) in [5, 5.41) is 5.36. The Morgan fingerprint density at radius 1 is 1.47 bits per heavy atom. The number of hydrogen-bond donors (Lipinski definition) is 1. The summed E-state index contributed by atoms with van der Waals surface area (Å²) >= 11 is 1.95. The van der Waals surface area contributed by atoms with E-state index in [9.17, 15) is 0 Å². The zero-order valence-corrected chi connectivity index (χ0v) is 10.2. The first-order chi connectivity index (χ1) is 7.40. The smallest absolute Gasteiger partial charge is 0.156 e. The van der Waals surface area contributed by atoms with Crippen molar-refractivity contribution in [3.63, 3.8) is 0 Å². The van der Waals surface area contributed by atoms with Gasteiger partial charge in [-0.25, -0.2) is 0 Å². The van der Waals surface area contributed by atoms with Gasteiger partial charge in [-0.3, -0.25) is 4.99 Å². The second-order valence-electron chi connectivity index (χ2n) is 4.27. The van der Waals surface area contributed by atoms with Crippen molar-refractivity contribution < 1.29 is 4.74 Å². The summed E-state index contributed by atoms with van der Waals surface area (Å²) in [5.74, 6) is 0.964. The van der Waals surface area contributed by atoms with Crippen molar-refractivity contribution in [2.45, 2.75) is 30.9 Å². The second-order valence-corrected chi connectivity index (χ2v) is 5.49. The fourth-order valence-corrected chi connectivity index (χ4v) is 3.00. The molecular formula is C11H20N2OS. The topological polar surface area (TPSA) is 33.6 Å². The van der Waals surface area contributed by atoms with Gasteiger partial charge in [0.15, 0.2) is 5.17 Å². The monoisotopic (exact) mass is 228 g/mol. The van der Waals surface area contributed by atoms with Crippen LogP contribution in [0.2, 0.25) is 0 Å². The molecule has 4 heteroatoms. The molecule has 0 aromatic heterocycles. The summed E-state index contributed by atoms with van der Waals surface area (Å²) in [6, 6.07) is 0. The Labute approximate surface area is 96.1 Å². The first-order valence-electron chi connectivity index (χ1n) is 5.84. The van der Waals surface area contributed by atoms with Crippen molar-refractivity contribution in [1.82, 2.24) is 5.32 Å². The Morgan fingerprint density at radius 2 is 2.33 bits per heavy atom. The van der Waals surface area contributed by atoms with Crippen LogP contribution in [0, 0.1) is 5.92 Å². The van der Waals surface area contributed by atoms with Crippen molar-refractivity contribution in [3.05, 3.63) is 0 Å². The van der Waals surface area contributed by atoms with Gasteiger partial charge >= 0.3 is 0 Å². The predicted molar refractivity (Wildman–Crippen MR) is 65.5 cm³/mol. The van der Waals surface area contributed by atoms with Gasteiger partial charge in [0.1, 0.15) is 0 Å². The summed E-state index contributed by atoms with van der Waals surface area (Å²) in [5.41, 5.74) is 0. The van der Waals surface area contributed by atoms with E-state index in [0.29, 0.717) is 0 Å². The molecule has 0 aromatic carbocycles. The summed E-state index contributed by atoms with van der Waals surface area (Å²) in [7, 11) is 1.75. The third-order valence-corrected chi connectivity index (χ3v) is 4.21. The summed E-state index contributed by atoms with van der Waals surface area (Å²) < 4.78 is 5.01. The Bertz CT molecular complexity index is 229. The number of nitrogens with one attached hydrogen (secondary N) is 1. The maximum Gasteiger partial charge on any atom is 0.156 e. The first-order valence-corrected chi connectivity index (χ1v) is 6.72. The molecule has 1 N–H and O–H groups in total. The number of methoxy groups -OCH3 is 1. The van der Waals surface area contributed by atoms with Gasteiger partial charge in [-0.15, -0.1) is 0 Å². The molecule has 3 nitrogen and oxygen atoms in total. The van der Waals surface area contributed by atoms with Gasteiger partial charge < -0.3 is 10.1 Å². The van der Waals surface area contributed by atoms with E-state index in [0.717, 1.165) is 37.3 Å². The zero-order valence-electron chi connectivity index (χ0n) is 9.37. The van der Waals surface area contributed by atoms with E-state index < -0.39 is 0 Å². The average Bonchev–Trinajstić information content (AvgIpc) is 2.99. The lowest BCUT2D eigenvalue weighted by atomic mass is 10.3. The Balaban J connectivity index is 1.52. The highest BCUT2D eigenvalue weighted by Crippen LogP contribution is 2.41. The molecule has 0 saturated heterocycles. The molecule has 1 heterocycles. The fourth-order valence-electron chi connectivity index (χ4n) is 1.77. The van der Waals surface area contributed by atoms with Gasteiger partial charge in [0.05, 0.1) is 6.54 Å². The molecule has 1 atom stereocenters. The van der Waals surface area contributed by atoms with Gasteiger partial charge in [-0.05, 0) is 31.6 Å². The van der Waals surface area contributed by atoms with Crippen LogP contribution in [0.25, 0.3) is 0 Å². The van der Waals surface area contributed by atoms with E-state index in [-0.39, 0.29) is 0 Å². The molecule has 1 aliphatic carbocycles. The molecule has 2 aliphatic rings. The molecule has 0 radical (unpaired) electrons. The quantitative estimate of drug-likeness (QED) is 0.705. The van der Waals surface area contributed by atoms with E-state index in [1.165, 1.54) is 24.4 Å². The summed E-state index contributed by atoms with van der Waals surface area (Å²) in [6.07, 6.45) is 5.15. The number of unbranched alkanes of at least 4 members (excludes halogenated alkanes) is 1. The fraction of sp³-hybridized carbons (Fsp3) is 0.909. The minimum Gasteiger partial charge on any atom is -0.385 e. The highest BCUT2D eigenvalue weighted by atomic mass is 32.2. The third-order valence-electron chi connectivity index (χ3n) is 2.88. The second kappa shape index (κ2) is 5.75. The molecule has 2 rings (SSSR count). The Morgan fingerprint density at radius 3 is 3.07 bits per heavy atom. The number of hydrogen-bond acceptors (Lipinski definition) is 4. The SMILES string of the molecule is COCCCCNC1=NCC(C2CC2)S1. The molecule has 1 unspecified atom stereocenters. The highest BCUT2D eigenvalue weighted by Gasteiger charge is 2.35. The first kappa shape index (κ1) is 11.3. The van der Waals surface area contributed by atoms with E-state index in [2.05, 4.69) is 10.3 Å². The van der Waals surface area contributed by atoms with Crippen LogP contribution in [0.15, 0.2) is 4.99 Å². The van der Waals surface area contributed by atoms with E-state index in [4.69, 9.17) is 4.74 Å². The number of rotatable bonds is 6. The van der Waals surface area contributed by atoms with Crippen molar-refractivity contribution >= 4 is 16.9 Å². The van der Waals surface area contributed by atoms with Crippen LogP contribution in [0.3, 0.4) is 0 Å². The molecule has 1 fully saturated rings. The molecular weight excluding hydrogens is 208 g/mol. The largest absolute Gasteiger partial charge is 0.385 e. The van der Waals surface area contributed by atoms with Crippen LogP contribution in [0.1, 0.15) is 25.7 Å². The highest BCUT2D eigenvalue weighted by molar-refractivity contribution is 8.14. The maximum atomic E-state index is 5.01. The van der Waals surface area contributed by atoms with Crippen LogP contribution >= 0.6 is 11.8 Å². The van der Waals surface area contributed by atoms with E-state index in [1.807, 2.05) is 11.8 Å². The van der Waals surface area contributed by atoms with Crippen LogP contribution in [0.4, 0.5) is 0 Å². The molecule has 86 valence electrons. The van der Waals surface area contributed by atoms with E-state index in [1.54, 1.807) is 7.11 Å². The number of nitrogens with zero attached hydrogens (tertiary/aromatic N) is 1. The van der Waals surface area contributed by atoms with Crippen molar-refractivity contribution in [2.24, 2.45) is 10.9 Å². The normalized spacial score (nSPS) is 25.4. The zero-order chi connectivity index (χ0) is 10.5. The number of amidine groups is 1. The number of thioether (sulfide) groups is 1. The maximum absolute atomic E-state index is 5.01. The predicted octanol–water partition coefficient (Wildman–Crippen LogP) is 1.88. The lowest BCUT2D eigenvalue weighted by Gasteiger charge is -2.07. The van der Waals surface area contributed by atoms with E-state index >= 15 is 0 Å². The van der Waals surface area contributed by atoms with Crippen LogP contribution in [-0.2, 0) is 4.74 Å². The van der Waals surface area contributed by atoms with Gasteiger partial charge in [0.2, 0.25) is 0 Å². The average molecular weight is 228 g/mol. The van der Waals surface area contributed by atoms with Gasteiger partial charge in [0, 0.05) is 25.5 Å². The number of ether oxygens (including phenoxy) is 1. The van der Waals surface area contributed by atoms with Crippen molar-refractivity contribution in [3.8, 4) is 0 Å². The summed E-state index contributed by atoms with van der Waals surface area (Å²) in [6.45, 7) is 2.94. The Hall–Kier alpha value is -0.220. The van der Waals surface area contributed by atoms with Gasteiger partial charge in [0.25, 0.3) is 0 Å². The van der Waals surface area contributed by atoms with Gasteiger partial charge in [-0.2, -0.15) is 0 Å². The minimum atomic E-state index is 0.784. The standard InChI is InChI=1S/C11H20N2OS/c1-14-7-3-2-6-12-11-13-8-10(15-11)9-4-5-9/h9-10H,2-8H2,1H3,(H,12,13). The minimum absolute atomic E-state index is 0.784. The van der Waals surface area contributed by atoms with Crippen molar-refractivity contribution in [1.29, 1.82) is 0 Å². The third kappa shape index (κ3) is 3.68. The van der Waals surface area contributed by atoms with Crippen LogP contribution in [-0.4, -0.2) is 37.2 Å². The molecule has 0 aromatic rings. The molecule has 1 aliphatic heterocycles.